The van der Waals surface area contributed by atoms with Gasteiger partial charge in [0.15, 0.2) is 0 Å². The number of hydrogen-bond acceptors (Lipinski definition) is 3. The molecule has 1 rings (SSSR count). The maximum absolute atomic E-state index is 4.34. The van der Waals surface area contributed by atoms with Gasteiger partial charge < -0.3 is 5.32 Å². The van der Waals surface area contributed by atoms with Crippen LogP contribution in [0, 0.1) is 0 Å². The van der Waals surface area contributed by atoms with Crippen molar-refractivity contribution in [2.45, 2.75) is 47.5 Å². The lowest BCUT2D eigenvalue weighted by atomic mass is 10.1. The van der Waals surface area contributed by atoms with Crippen LogP contribution in [-0.4, -0.2) is 11.2 Å². The molecule has 0 fully saturated rings. The van der Waals surface area contributed by atoms with Gasteiger partial charge in [-0.25, -0.2) is 9.98 Å². The van der Waals surface area contributed by atoms with E-state index in [9.17, 15) is 0 Å². The number of aromatic nitrogens is 1. The van der Waals surface area contributed by atoms with Crippen LogP contribution in [0.4, 0.5) is 5.82 Å². The Morgan fingerprint density at radius 1 is 1.44 bits per heavy atom. The average Bonchev–Trinajstić information content (AvgIpc) is 2.43. The van der Waals surface area contributed by atoms with E-state index in [0.29, 0.717) is 0 Å². The van der Waals surface area contributed by atoms with Gasteiger partial charge in [-0.15, -0.1) is 0 Å². The zero-order valence-electron chi connectivity index (χ0n) is 12.2. The fraction of sp³-hybridized carbons (Fsp3) is 0.467. The summed E-state index contributed by atoms with van der Waals surface area (Å²) in [5, 5.41) is 3.24. The zero-order chi connectivity index (χ0) is 13.8. The molecule has 1 N–H and O–H groups in total. The zero-order valence-corrected chi connectivity index (χ0v) is 12.2. The molecule has 1 aromatic heterocycles. The summed E-state index contributed by atoms with van der Waals surface area (Å²) in [6.07, 6.45) is 7.64. The fourth-order valence-electron chi connectivity index (χ4n) is 1.46. The number of nitrogens with zero attached hydrogens (tertiary/aromatic N) is 2. The van der Waals surface area contributed by atoms with E-state index in [-0.39, 0.29) is 1.43 Å². The number of nitrogens with one attached hydrogen (secondary N) is 1. The predicted octanol–water partition coefficient (Wildman–Crippen LogP) is 4.67. The third-order valence-corrected chi connectivity index (χ3v) is 2.20. The molecule has 0 aliphatic heterocycles. The highest BCUT2D eigenvalue weighted by atomic mass is 15.1. The standard InChI is InChI=1S/C13H19N3.C2H6.H2/c1-4-8-11-9-7-10-15-13(11)16-12(5-2)14-6-3;1-2;/h5-7,9-10H,4,8H2,1-3H3,(H,15,16);1-2H3;1H/b12-5+,14-6-;;. The van der Waals surface area contributed by atoms with Gasteiger partial charge in [0.2, 0.25) is 0 Å². The molecule has 0 aliphatic rings. The van der Waals surface area contributed by atoms with E-state index in [1.165, 1.54) is 5.56 Å². The van der Waals surface area contributed by atoms with E-state index < -0.39 is 0 Å². The number of aryl methyl sites for hydroxylation is 1. The SMILES string of the molecule is C/C=N\C(=C/C)Nc1ncccc1CCC.CC.[HH]. The van der Waals surface area contributed by atoms with E-state index >= 15 is 0 Å². The number of anilines is 1. The molecule has 0 radical (unpaired) electrons. The van der Waals surface area contributed by atoms with E-state index in [1.807, 2.05) is 39.8 Å². The molecular weight excluding hydrogens is 222 g/mol. The van der Waals surface area contributed by atoms with E-state index in [2.05, 4.69) is 28.3 Å². The van der Waals surface area contributed by atoms with Crippen LogP contribution in [-0.2, 0) is 6.42 Å². The molecular formula is C15H27N3. The highest BCUT2D eigenvalue weighted by molar-refractivity contribution is 5.57. The van der Waals surface area contributed by atoms with Crippen molar-refractivity contribution >= 4 is 12.0 Å². The molecule has 0 saturated carbocycles. The minimum Gasteiger partial charge on any atom is -0.325 e. The van der Waals surface area contributed by atoms with E-state index in [1.54, 1.807) is 12.4 Å². The van der Waals surface area contributed by atoms with Crippen LogP contribution in [0.5, 0.6) is 0 Å². The van der Waals surface area contributed by atoms with Crippen LogP contribution >= 0.6 is 0 Å². The lowest BCUT2D eigenvalue weighted by molar-refractivity contribution is 0.914. The molecule has 3 nitrogen and oxygen atoms in total. The van der Waals surface area contributed by atoms with Gasteiger partial charge in [0, 0.05) is 13.8 Å². The smallest absolute Gasteiger partial charge is 0.134 e. The largest absolute Gasteiger partial charge is 0.325 e. The van der Waals surface area contributed by atoms with Gasteiger partial charge in [-0.2, -0.15) is 0 Å². The second-order valence-corrected chi connectivity index (χ2v) is 3.45. The first kappa shape index (κ1) is 16.4. The molecule has 0 aliphatic carbocycles. The van der Waals surface area contributed by atoms with Crippen LogP contribution in [0.1, 0.15) is 48.0 Å². The second kappa shape index (κ2) is 10.5. The molecule has 0 bridgehead atoms. The summed E-state index contributed by atoms with van der Waals surface area (Å²) in [5.74, 6) is 1.74. The van der Waals surface area contributed by atoms with E-state index in [0.717, 1.165) is 24.5 Å². The number of aliphatic imine (C=N–C) groups is 1. The summed E-state index contributed by atoms with van der Waals surface area (Å²) in [4.78, 5) is 8.57. The number of allylic oxidation sites excluding steroid dienone is 1. The summed E-state index contributed by atoms with van der Waals surface area (Å²) in [5.41, 5.74) is 1.23. The Morgan fingerprint density at radius 2 is 2.17 bits per heavy atom. The lowest BCUT2D eigenvalue weighted by Gasteiger charge is -2.09. The highest BCUT2D eigenvalue weighted by Crippen LogP contribution is 2.15. The molecule has 0 spiro atoms. The minimum absolute atomic E-state index is 0. The molecule has 3 heteroatoms. The molecule has 0 amide bonds. The quantitative estimate of drug-likeness (QED) is 0.770. The normalized spacial score (nSPS) is 11.1. The Morgan fingerprint density at radius 3 is 2.72 bits per heavy atom. The molecule has 0 atom stereocenters. The maximum atomic E-state index is 4.34. The Balaban J connectivity index is 0. The molecule has 102 valence electrons. The van der Waals surface area contributed by atoms with Gasteiger partial charge in [0.1, 0.15) is 11.6 Å². The number of hydrogen-bond donors (Lipinski definition) is 1. The van der Waals surface area contributed by atoms with Crippen molar-refractivity contribution in [1.29, 1.82) is 0 Å². The van der Waals surface area contributed by atoms with Crippen LogP contribution in [0.25, 0.3) is 0 Å². The van der Waals surface area contributed by atoms with Crippen molar-refractivity contribution in [2.75, 3.05) is 5.32 Å². The number of pyridine rings is 1. The average molecular weight is 249 g/mol. The first-order chi connectivity index (χ1) is 8.81. The van der Waals surface area contributed by atoms with Crippen LogP contribution in [0.3, 0.4) is 0 Å². The first-order valence-corrected chi connectivity index (χ1v) is 6.67. The highest BCUT2D eigenvalue weighted by Gasteiger charge is 2.02. The summed E-state index contributed by atoms with van der Waals surface area (Å²) in [6.45, 7) is 10.0. The van der Waals surface area contributed by atoms with Crippen molar-refractivity contribution in [3.63, 3.8) is 0 Å². The first-order valence-electron chi connectivity index (χ1n) is 6.67. The molecule has 1 heterocycles. The van der Waals surface area contributed by atoms with Gasteiger partial charge in [-0.3, -0.25) is 0 Å². The summed E-state index contributed by atoms with van der Waals surface area (Å²) >= 11 is 0. The monoisotopic (exact) mass is 249 g/mol. The van der Waals surface area contributed by atoms with E-state index in [4.69, 9.17) is 0 Å². The maximum Gasteiger partial charge on any atom is 0.134 e. The predicted molar refractivity (Wildman–Crippen MR) is 83.2 cm³/mol. The summed E-state index contributed by atoms with van der Waals surface area (Å²) < 4.78 is 0. The van der Waals surface area contributed by atoms with Crippen molar-refractivity contribution < 1.29 is 1.43 Å². The van der Waals surface area contributed by atoms with Crippen molar-refractivity contribution in [3.8, 4) is 0 Å². The Labute approximate surface area is 113 Å². The molecule has 0 saturated heterocycles. The van der Waals surface area contributed by atoms with Crippen molar-refractivity contribution in [1.82, 2.24) is 4.98 Å². The fourth-order valence-corrected chi connectivity index (χ4v) is 1.46. The van der Waals surface area contributed by atoms with Gasteiger partial charge >= 0.3 is 0 Å². The molecule has 0 unspecified atom stereocenters. The Hall–Kier alpha value is -1.64. The summed E-state index contributed by atoms with van der Waals surface area (Å²) in [6, 6.07) is 4.07. The van der Waals surface area contributed by atoms with Crippen LogP contribution in [0.2, 0.25) is 0 Å². The van der Waals surface area contributed by atoms with Gasteiger partial charge in [-0.05, 0) is 38.0 Å². The van der Waals surface area contributed by atoms with Crippen LogP contribution < -0.4 is 5.32 Å². The third kappa shape index (κ3) is 5.62. The van der Waals surface area contributed by atoms with Crippen molar-refractivity contribution in [3.05, 3.63) is 35.8 Å². The Bertz CT molecular complexity index is 387. The molecule has 18 heavy (non-hydrogen) atoms. The number of rotatable bonds is 5. The van der Waals surface area contributed by atoms with Gasteiger partial charge in [-0.1, -0.05) is 33.3 Å². The summed E-state index contributed by atoms with van der Waals surface area (Å²) in [7, 11) is 0. The lowest BCUT2D eigenvalue weighted by Crippen LogP contribution is -2.02. The second-order valence-electron chi connectivity index (χ2n) is 3.45. The topological polar surface area (TPSA) is 37.3 Å². The van der Waals surface area contributed by atoms with Gasteiger partial charge in [0.05, 0.1) is 0 Å². The van der Waals surface area contributed by atoms with Gasteiger partial charge in [0.25, 0.3) is 0 Å². The Kier molecular flexibility index (Phi) is 9.55. The van der Waals surface area contributed by atoms with Crippen molar-refractivity contribution in [2.24, 2.45) is 4.99 Å². The minimum atomic E-state index is 0. The van der Waals surface area contributed by atoms with Crippen LogP contribution in [0.15, 0.2) is 35.2 Å². The third-order valence-electron chi connectivity index (χ3n) is 2.20. The molecule has 0 aromatic carbocycles. The molecule has 1 aromatic rings.